The first-order chi connectivity index (χ1) is 9.28. The third-order valence-corrected chi connectivity index (χ3v) is 3.66. The summed E-state index contributed by atoms with van der Waals surface area (Å²) in [5.41, 5.74) is 2.22. The zero-order valence-electron chi connectivity index (χ0n) is 10.7. The second-order valence-corrected chi connectivity index (χ2v) is 5.23. The second kappa shape index (κ2) is 5.05. The predicted octanol–water partition coefficient (Wildman–Crippen LogP) is 1.60. The minimum atomic E-state index is -0.202. The van der Waals surface area contributed by atoms with Crippen LogP contribution in [0.25, 0.3) is 10.9 Å². The molecule has 1 aliphatic carbocycles. The number of nitrogens with one attached hydrogen (secondary N) is 2. The van der Waals surface area contributed by atoms with E-state index < -0.39 is 0 Å². The number of amides is 1. The van der Waals surface area contributed by atoms with Gasteiger partial charge < -0.3 is 15.4 Å². The molecule has 3 rings (SSSR count). The third kappa shape index (κ3) is 2.63. The van der Waals surface area contributed by atoms with Crippen molar-refractivity contribution in [3.05, 3.63) is 36.0 Å². The van der Waals surface area contributed by atoms with Crippen molar-refractivity contribution in [2.45, 2.75) is 25.3 Å². The molecule has 100 valence electrons. The average molecular weight is 258 g/mol. The van der Waals surface area contributed by atoms with Crippen molar-refractivity contribution >= 4 is 16.8 Å². The lowest BCUT2D eigenvalue weighted by molar-refractivity contribution is -0.123. The van der Waals surface area contributed by atoms with Crippen molar-refractivity contribution < 1.29 is 9.90 Å². The fourth-order valence-electron chi connectivity index (χ4n) is 2.39. The van der Waals surface area contributed by atoms with Crippen LogP contribution in [0.4, 0.5) is 0 Å². The number of carbonyl (C=O) groups excluding carboxylic acids is 1. The molecule has 0 bridgehead atoms. The minimum Gasteiger partial charge on any atom is -0.394 e. The summed E-state index contributed by atoms with van der Waals surface area (Å²) in [6.07, 6.45) is 4.57. The lowest BCUT2D eigenvalue weighted by Gasteiger charge is -2.15. The molecule has 1 aromatic carbocycles. The van der Waals surface area contributed by atoms with Crippen molar-refractivity contribution in [3.63, 3.8) is 0 Å². The monoisotopic (exact) mass is 258 g/mol. The number of para-hydroxylation sites is 1. The van der Waals surface area contributed by atoms with Gasteiger partial charge in [0.2, 0.25) is 5.91 Å². The lowest BCUT2D eigenvalue weighted by atomic mass is 10.1. The Labute approximate surface area is 111 Å². The number of hydrogen-bond donors (Lipinski definition) is 3. The van der Waals surface area contributed by atoms with Crippen molar-refractivity contribution in [1.29, 1.82) is 0 Å². The summed E-state index contributed by atoms with van der Waals surface area (Å²) < 4.78 is 0. The molecule has 1 atom stereocenters. The number of benzene rings is 1. The number of aromatic nitrogens is 1. The highest BCUT2D eigenvalue weighted by Gasteiger charge is 2.30. The lowest BCUT2D eigenvalue weighted by Crippen LogP contribution is -2.39. The Morgan fingerprint density at radius 3 is 2.95 bits per heavy atom. The molecule has 0 spiro atoms. The molecule has 1 heterocycles. The first-order valence-corrected chi connectivity index (χ1v) is 6.74. The largest absolute Gasteiger partial charge is 0.394 e. The Balaban J connectivity index is 1.72. The summed E-state index contributed by atoms with van der Waals surface area (Å²) in [5, 5.41) is 13.5. The molecule has 4 heteroatoms. The maximum Gasteiger partial charge on any atom is 0.223 e. The number of rotatable bonds is 5. The molecule has 1 amide bonds. The first-order valence-electron chi connectivity index (χ1n) is 6.74. The van der Waals surface area contributed by atoms with Crippen molar-refractivity contribution in [1.82, 2.24) is 10.3 Å². The van der Waals surface area contributed by atoms with Gasteiger partial charge in [-0.05, 0) is 30.9 Å². The van der Waals surface area contributed by atoms with Gasteiger partial charge in [0.05, 0.1) is 12.6 Å². The fourth-order valence-corrected chi connectivity index (χ4v) is 2.39. The van der Waals surface area contributed by atoms with Gasteiger partial charge in [0, 0.05) is 23.0 Å². The Morgan fingerprint density at radius 1 is 1.42 bits per heavy atom. The zero-order valence-corrected chi connectivity index (χ0v) is 10.7. The van der Waals surface area contributed by atoms with Crippen LogP contribution < -0.4 is 5.32 Å². The van der Waals surface area contributed by atoms with Crippen molar-refractivity contribution in [3.8, 4) is 0 Å². The smallest absolute Gasteiger partial charge is 0.223 e. The molecule has 0 unspecified atom stereocenters. The van der Waals surface area contributed by atoms with Gasteiger partial charge in [-0.1, -0.05) is 18.2 Å². The average Bonchev–Trinajstić information content (AvgIpc) is 3.21. The van der Waals surface area contributed by atoms with Gasteiger partial charge in [-0.15, -0.1) is 0 Å². The molecule has 1 aliphatic rings. The highest BCUT2D eigenvalue weighted by atomic mass is 16.3. The van der Waals surface area contributed by atoms with E-state index in [4.69, 9.17) is 0 Å². The van der Waals surface area contributed by atoms with Gasteiger partial charge in [0.1, 0.15) is 0 Å². The third-order valence-electron chi connectivity index (χ3n) is 3.66. The van der Waals surface area contributed by atoms with Crippen LogP contribution in [0, 0.1) is 5.92 Å². The maximum absolute atomic E-state index is 11.7. The quantitative estimate of drug-likeness (QED) is 0.762. The van der Waals surface area contributed by atoms with Crippen LogP contribution in [0.2, 0.25) is 0 Å². The number of aliphatic hydroxyl groups excluding tert-OH is 1. The highest BCUT2D eigenvalue weighted by molar-refractivity contribution is 5.83. The Bertz CT molecular complexity index is 587. The molecule has 2 aromatic rings. The van der Waals surface area contributed by atoms with Crippen molar-refractivity contribution in [2.24, 2.45) is 5.92 Å². The Hall–Kier alpha value is -1.81. The van der Waals surface area contributed by atoms with Gasteiger partial charge in [-0.2, -0.15) is 0 Å². The molecular formula is C15H18N2O2. The summed E-state index contributed by atoms with van der Waals surface area (Å²) >= 11 is 0. The van der Waals surface area contributed by atoms with E-state index in [1.165, 1.54) is 0 Å². The number of aliphatic hydroxyl groups is 1. The molecule has 0 radical (unpaired) electrons. The summed E-state index contributed by atoms with van der Waals surface area (Å²) in [7, 11) is 0. The Kier molecular flexibility index (Phi) is 3.25. The van der Waals surface area contributed by atoms with E-state index in [9.17, 15) is 9.90 Å². The molecule has 1 aromatic heterocycles. The normalized spacial score (nSPS) is 16.5. The molecule has 0 aliphatic heterocycles. The molecule has 0 saturated heterocycles. The topological polar surface area (TPSA) is 65.1 Å². The van der Waals surface area contributed by atoms with E-state index in [2.05, 4.69) is 16.4 Å². The molecule has 3 N–H and O–H groups in total. The molecule has 4 nitrogen and oxygen atoms in total. The van der Waals surface area contributed by atoms with E-state index in [-0.39, 0.29) is 24.5 Å². The van der Waals surface area contributed by atoms with Crippen molar-refractivity contribution in [2.75, 3.05) is 6.61 Å². The minimum absolute atomic E-state index is 0.0298. The number of carbonyl (C=O) groups is 1. The number of H-pyrrole nitrogens is 1. The van der Waals surface area contributed by atoms with Gasteiger partial charge in [0.15, 0.2) is 0 Å². The van der Waals surface area contributed by atoms with E-state index in [1.54, 1.807) is 0 Å². The molecular weight excluding hydrogens is 240 g/mol. The summed E-state index contributed by atoms with van der Waals surface area (Å²) in [5.74, 6) is 0.260. The summed E-state index contributed by atoms with van der Waals surface area (Å²) in [6, 6.07) is 7.86. The van der Waals surface area contributed by atoms with Gasteiger partial charge in [0.25, 0.3) is 0 Å². The van der Waals surface area contributed by atoms with Gasteiger partial charge in [-0.25, -0.2) is 0 Å². The van der Waals surface area contributed by atoms with Crippen LogP contribution in [-0.2, 0) is 11.2 Å². The zero-order chi connectivity index (χ0) is 13.2. The fraction of sp³-hybridized carbons (Fsp3) is 0.400. The summed E-state index contributed by atoms with van der Waals surface area (Å²) in [6.45, 7) is -0.0298. The molecule has 19 heavy (non-hydrogen) atoms. The van der Waals surface area contributed by atoms with Crippen LogP contribution in [0.3, 0.4) is 0 Å². The van der Waals surface area contributed by atoms with Crippen LogP contribution in [-0.4, -0.2) is 28.6 Å². The molecule has 1 fully saturated rings. The molecule has 1 saturated carbocycles. The first kappa shape index (κ1) is 12.2. The maximum atomic E-state index is 11.7. The van der Waals surface area contributed by atoms with Crippen LogP contribution in [0.15, 0.2) is 30.5 Å². The van der Waals surface area contributed by atoms with Crippen LogP contribution >= 0.6 is 0 Å². The summed E-state index contributed by atoms with van der Waals surface area (Å²) in [4.78, 5) is 14.9. The SMILES string of the molecule is O=C(N[C@@H](CO)Cc1c[nH]c2ccccc12)C1CC1. The number of aromatic amines is 1. The number of hydrogen-bond acceptors (Lipinski definition) is 2. The van der Waals surface area contributed by atoms with Gasteiger partial charge in [-0.3, -0.25) is 4.79 Å². The van der Waals surface area contributed by atoms with Gasteiger partial charge >= 0.3 is 0 Å². The second-order valence-electron chi connectivity index (χ2n) is 5.23. The van der Waals surface area contributed by atoms with E-state index in [0.717, 1.165) is 29.3 Å². The van der Waals surface area contributed by atoms with E-state index >= 15 is 0 Å². The highest BCUT2D eigenvalue weighted by Crippen LogP contribution is 2.29. The standard InChI is InChI=1S/C15H18N2O2/c18-9-12(17-15(19)10-5-6-10)7-11-8-16-14-4-2-1-3-13(11)14/h1-4,8,10,12,16,18H,5-7,9H2,(H,17,19)/t12-/m1/s1. The van der Waals surface area contributed by atoms with Crippen LogP contribution in [0.1, 0.15) is 18.4 Å². The van der Waals surface area contributed by atoms with E-state index in [0.29, 0.717) is 6.42 Å². The van der Waals surface area contributed by atoms with E-state index in [1.807, 2.05) is 24.4 Å². The Morgan fingerprint density at radius 2 is 2.21 bits per heavy atom. The van der Waals surface area contributed by atoms with Crippen LogP contribution in [0.5, 0.6) is 0 Å². The number of fused-ring (bicyclic) bond motifs is 1. The predicted molar refractivity (Wildman–Crippen MR) is 73.7 cm³/mol.